The lowest BCUT2D eigenvalue weighted by Gasteiger charge is -2.03. The van der Waals surface area contributed by atoms with Crippen LogP contribution >= 0.6 is 11.8 Å². The van der Waals surface area contributed by atoms with E-state index in [2.05, 4.69) is 5.10 Å². The molecule has 0 bridgehead atoms. The molecule has 0 amide bonds. The summed E-state index contributed by atoms with van der Waals surface area (Å²) in [7, 11) is 3.67. The first-order valence-electron chi connectivity index (χ1n) is 2.22. The third-order valence-corrected chi connectivity index (χ3v) is 1.01. The zero-order chi connectivity index (χ0) is 6.57. The van der Waals surface area contributed by atoms with Gasteiger partial charge in [0.25, 0.3) is 0 Å². The van der Waals surface area contributed by atoms with Gasteiger partial charge in [0.05, 0.1) is 0 Å². The van der Waals surface area contributed by atoms with Crippen LogP contribution < -0.4 is 5.73 Å². The van der Waals surface area contributed by atoms with Crippen molar-refractivity contribution in [3.8, 4) is 0 Å². The molecule has 0 aliphatic heterocycles. The predicted molar refractivity (Wildman–Crippen MR) is 38.8 cm³/mol. The van der Waals surface area contributed by atoms with E-state index in [9.17, 15) is 0 Å². The SMILES string of the molecule is CSC(N)=NN(C)C. The van der Waals surface area contributed by atoms with E-state index in [1.165, 1.54) is 11.8 Å². The molecule has 0 aromatic rings. The number of nitrogens with zero attached hydrogens (tertiary/aromatic N) is 2. The lowest BCUT2D eigenvalue weighted by Crippen LogP contribution is -2.12. The average Bonchev–Trinajstić information content (AvgIpc) is 1.65. The molecule has 0 atom stereocenters. The molecular formula is C4H11N3S. The number of rotatable bonds is 1. The number of hydrogen-bond acceptors (Lipinski definition) is 3. The van der Waals surface area contributed by atoms with E-state index in [0.29, 0.717) is 5.17 Å². The van der Waals surface area contributed by atoms with Gasteiger partial charge in [-0.25, -0.2) is 0 Å². The number of thioether (sulfide) groups is 1. The molecule has 0 aliphatic rings. The summed E-state index contributed by atoms with van der Waals surface area (Å²) < 4.78 is 0. The van der Waals surface area contributed by atoms with Gasteiger partial charge < -0.3 is 10.7 Å². The fourth-order valence-electron chi connectivity index (χ4n) is 0.238. The summed E-state index contributed by atoms with van der Waals surface area (Å²) in [5, 5.41) is 6.15. The standard InChI is InChI=1S/C4H11N3S/c1-7(2)6-4(5)8-3/h1-3H3,(H2,5,6). The lowest BCUT2D eigenvalue weighted by molar-refractivity contribution is 0.439. The van der Waals surface area contributed by atoms with Crippen molar-refractivity contribution in [1.29, 1.82) is 0 Å². The maximum atomic E-state index is 5.35. The van der Waals surface area contributed by atoms with Crippen LogP contribution in [0.15, 0.2) is 5.10 Å². The van der Waals surface area contributed by atoms with Crippen molar-refractivity contribution in [2.45, 2.75) is 0 Å². The van der Waals surface area contributed by atoms with Gasteiger partial charge in [0.1, 0.15) is 0 Å². The van der Waals surface area contributed by atoms with E-state index in [0.717, 1.165) is 0 Å². The number of amidine groups is 1. The van der Waals surface area contributed by atoms with Gasteiger partial charge in [0, 0.05) is 14.1 Å². The third kappa shape index (κ3) is 3.80. The first-order valence-corrected chi connectivity index (χ1v) is 3.44. The van der Waals surface area contributed by atoms with Gasteiger partial charge in [-0.3, -0.25) is 0 Å². The zero-order valence-corrected chi connectivity index (χ0v) is 6.20. The molecule has 0 spiro atoms. The van der Waals surface area contributed by atoms with Crippen LogP contribution in [0.3, 0.4) is 0 Å². The van der Waals surface area contributed by atoms with Crippen molar-refractivity contribution in [3.05, 3.63) is 0 Å². The minimum atomic E-state index is 0.593. The highest BCUT2D eigenvalue weighted by atomic mass is 32.2. The van der Waals surface area contributed by atoms with Gasteiger partial charge in [-0.15, -0.1) is 0 Å². The van der Waals surface area contributed by atoms with Crippen molar-refractivity contribution in [2.24, 2.45) is 10.8 Å². The van der Waals surface area contributed by atoms with E-state index in [-0.39, 0.29) is 0 Å². The Balaban J connectivity index is 3.56. The smallest absolute Gasteiger partial charge is 0.177 e. The van der Waals surface area contributed by atoms with E-state index in [4.69, 9.17) is 5.73 Å². The zero-order valence-electron chi connectivity index (χ0n) is 5.38. The van der Waals surface area contributed by atoms with Crippen LogP contribution in [-0.4, -0.2) is 30.5 Å². The van der Waals surface area contributed by atoms with Crippen molar-refractivity contribution in [3.63, 3.8) is 0 Å². The van der Waals surface area contributed by atoms with Crippen LogP contribution in [0, 0.1) is 0 Å². The Bertz CT molecular complexity index is 89.3. The summed E-state index contributed by atoms with van der Waals surface area (Å²) in [6.45, 7) is 0. The predicted octanol–water partition coefficient (Wildman–Crippen LogP) is 0.141. The van der Waals surface area contributed by atoms with Crippen LogP contribution in [0.5, 0.6) is 0 Å². The summed E-state index contributed by atoms with van der Waals surface area (Å²) in [6.07, 6.45) is 1.89. The largest absolute Gasteiger partial charge is 0.377 e. The van der Waals surface area contributed by atoms with E-state index in [1.807, 2.05) is 20.4 Å². The second-order valence-corrected chi connectivity index (χ2v) is 2.32. The van der Waals surface area contributed by atoms with Crippen LogP contribution in [0.25, 0.3) is 0 Å². The Morgan fingerprint density at radius 3 is 2.25 bits per heavy atom. The third-order valence-electron chi connectivity index (χ3n) is 0.508. The van der Waals surface area contributed by atoms with Crippen LogP contribution in [0.1, 0.15) is 0 Å². The lowest BCUT2D eigenvalue weighted by atomic mass is 11.1. The van der Waals surface area contributed by atoms with Crippen LogP contribution in [0.2, 0.25) is 0 Å². The second-order valence-electron chi connectivity index (χ2n) is 1.49. The van der Waals surface area contributed by atoms with Gasteiger partial charge >= 0.3 is 0 Å². The summed E-state index contributed by atoms with van der Waals surface area (Å²) in [5.41, 5.74) is 5.35. The average molecular weight is 133 g/mol. The first kappa shape index (κ1) is 7.62. The molecule has 0 radical (unpaired) electrons. The summed E-state index contributed by atoms with van der Waals surface area (Å²) in [5.74, 6) is 0. The molecule has 0 unspecified atom stereocenters. The van der Waals surface area contributed by atoms with Crippen LogP contribution in [-0.2, 0) is 0 Å². The Hall–Kier alpha value is -0.380. The van der Waals surface area contributed by atoms with Crippen molar-refractivity contribution in [1.82, 2.24) is 5.01 Å². The molecule has 0 saturated carbocycles. The highest BCUT2D eigenvalue weighted by molar-refractivity contribution is 8.13. The number of hydrogen-bond donors (Lipinski definition) is 1. The minimum Gasteiger partial charge on any atom is -0.377 e. The molecule has 0 heterocycles. The summed E-state index contributed by atoms with van der Waals surface area (Å²) in [4.78, 5) is 0. The molecule has 2 N–H and O–H groups in total. The number of hydrazone groups is 1. The normalized spacial score (nSPS) is 11.6. The molecule has 48 valence electrons. The molecule has 8 heavy (non-hydrogen) atoms. The fourth-order valence-corrected chi connectivity index (χ4v) is 0.483. The Morgan fingerprint density at radius 1 is 1.62 bits per heavy atom. The van der Waals surface area contributed by atoms with E-state index in [1.54, 1.807) is 5.01 Å². The fraction of sp³-hybridized carbons (Fsp3) is 0.750. The van der Waals surface area contributed by atoms with Crippen LogP contribution in [0.4, 0.5) is 0 Å². The van der Waals surface area contributed by atoms with Crippen molar-refractivity contribution >= 4 is 16.9 Å². The van der Waals surface area contributed by atoms with E-state index < -0.39 is 0 Å². The number of nitrogens with two attached hydrogens (primary N) is 1. The Morgan fingerprint density at radius 2 is 2.12 bits per heavy atom. The molecule has 0 fully saturated rings. The van der Waals surface area contributed by atoms with Gasteiger partial charge in [0.15, 0.2) is 5.17 Å². The highest BCUT2D eigenvalue weighted by Gasteiger charge is 1.84. The maximum Gasteiger partial charge on any atom is 0.177 e. The highest BCUT2D eigenvalue weighted by Crippen LogP contribution is 1.90. The van der Waals surface area contributed by atoms with Gasteiger partial charge in [-0.05, 0) is 6.26 Å². The molecule has 0 aromatic heterocycles. The minimum absolute atomic E-state index is 0.593. The molecule has 3 nitrogen and oxygen atoms in total. The van der Waals surface area contributed by atoms with Gasteiger partial charge in [-0.1, -0.05) is 11.8 Å². The quantitative estimate of drug-likeness (QED) is 0.314. The molecule has 0 rings (SSSR count). The second kappa shape index (κ2) is 3.60. The molecule has 0 saturated heterocycles. The first-order chi connectivity index (χ1) is 3.66. The summed E-state index contributed by atoms with van der Waals surface area (Å²) in [6, 6.07) is 0. The van der Waals surface area contributed by atoms with Gasteiger partial charge in [-0.2, -0.15) is 5.10 Å². The van der Waals surface area contributed by atoms with E-state index >= 15 is 0 Å². The topological polar surface area (TPSA) is 41.6 Å². The van der Waals surface area contributed by atoms with Gasteiger partial charge in [0.2, 0.25) is 0 Å². The monoisotopic (exact) mass is 133 g/mol. The maximum absolute atomic E-state index is 5.35. The Labute approximate surface area is 53.9 Å². The molecular weight excluding hydrogens is 122 g/mol. The van der Waals surface area contributed by atoms with Crippen molar-refractivity contribution < 1.29 is 0 Å². The molecule has 4 heteroatoms. The molecule has 0 aliphatic carbocycles. The molecule has 0 aromatic carbocycles. The van der Waals surface area contributed by atoms with Crippen molar-refractivity contribution in [2.75, 3.05) is 20.4 Å². The summed E-state index contributed by atoms with van der Waals surface area (Å²) >= 11 is 1.44. The Kier molecular flexibility index (Phi) is 3.43.